The Balaban J connectivity index is 1.55. The fourth-order valence-electron chi connectivity index (χ4n) is 2.97. The van der Waals surface area contributed by atoms with Crippen LogP contribution in [0, 0.1) is 0 Å². The second kappa shape index (κ2) is 9.07. The van der Waals surface area contributed by atoms with E-state index in [0.29, 0.717) is 5.15 Å². The molecule has 3 heterocycles. The number of nitrogens with zero attached hydrogens (tertiary/aromatic N) is 5. The molecule has 0 radical (unpaired) electrons. The van der Waals surface area contributed by atoms with Gasteiger partial charge in [0.25, 0.3) is 0 Å². The van der Waals surface area contributed by atoms with Crippen molar-refractivity contribution in [2.24, 2.45) is 10.7 Å². The van der Waals surface area contributed by atoms with Gasteiger partial charge in [0.2, 0.25) is 0 Å². The average Bonchev–Trinajstić information content (AvgIpc) is 2.65. The fourth-order valence-corrected chi connectivity index (χ4v) is 3.13. The van der Waals surface area contributed by atoms with E-state index in [1.165, 1.54) is 0 Å². The van der Waals surface area contributed by atoms with E-state index >= 15 is 0 Å². The van der Waals surface area contributed by atoms with E-state index in [1.54, 1.807) is 18.5 Å². The first kappa shape index (κ1) is 18.8. The summed E-state index contributed by atoms with van der Waals surface area (Å²) in [5.41, 5.74) is 9.06. The molecule has 0 amide bonds. The molecule has 0 aliphatic carbocycles. The molecule has 0 atom stereocenters. The molecule has 1 fully saturated rings. The zero-order valence-electron chi connectivity index (χ0n) is 15.1. The van der Waals surface area contributed by atoms with Gasteiger partial charge in [-0.2, -0.15) is 0 Å². The molecule has 0 bridgehead atoms. The Labute approximate surface area is 159 Å². The number of piperazine rings is 1. The molecule has 0 saturated carbocycles. The number of nitrogens with two attached hydrogens (primary N) is 1. The largest absolute Gasteiger partial charge is 0.404 e. The van der Waals surface area contributed by atoms with Crippen LogP contribution in [0.15, 0.2) is 35.6 Å². The van der Waals surface area contributed by atoms with Crippen molar-refractivity contribution in [3.05, 3.63) is 41.3 Å². The number of pyridine rings is 2. The number of allylic oxidation sites excluding steroid dienone is 1. The highest BCUT2D eigenvalue weighted by atomic mass is 35.5. The van der Waals surface area contributed by atoms with Crippen LogP contribution in [-0.4, -0.2) is 72.3 Å². The third-order valence-corrected chi connectivity index (χ3v) is 4.81. The van der Waals surface area contributed by atoms with Crippen LogP contribution < -0.4 is 5.73 Å². The van der Waals surface area contributed by atoms with E-state index < -0.39 is 0 Å². The molecule has 2 N–H and O–H groups in total. The minimum absolute atomic E-state index is 0.451. The normalized spacial score (nSPS) is 17.4. The van der Waals surface area contributed by atoms with Gasteiger partial charge in [-0.1, -0.05) is 11.6 Å². The Hall–Kier alpha value is -2.02. The lowest BCUT2D eigenvalue weighted by atomic mass is 10.1. The zero-order valence-corrected chi connectivity index (χ0v) is 15.9. The lowest BCUT2D eigenvalue weighted by Crippen LogP contribution is -2.44. The molecule has 2 aromatic rings. The molecule has 6 nitrogen and oxygen atoms in total. The third kappa shape index (κ3) is 5.00. The first-order valence-corrected chi connectivity index (χ1v) is 9.29. The van der Waals surface area contributed by atoms with Gasteiger partial charge in [-0.25, -0.2) is 4.98 Å². The van der Waals surface area contributed by atoms with Crippen LogP contribution in [0.25, 0.3) is 16.6 Å². The summed E-state index contributed by atoms with van der Waals surface area (Å²) in [4.78, 5) is 18.1. The van der Waals surface area contributed by atoms with E-state index in [0.717, 1.165) is 67.9 Å². The van der Waals surface area contributed by atoms with Crippen molar-refractivity contribution in [1.82, 2.24) is 19.8 Å². The number of aliphatic imine (C=N–C) groups is 1. The topological polar surface area (TPSA) is 70.6 Å². The molecule has 1 aliphatic heterocycles. The lowest BCUT2D eigenvalue weighted by molar-refractivity contribution is 0.153. The smallest absolute Gasteiger partial charge is 0.129 e. The Kier molecular flexibility index (Phi) is 6.55. The number of fused-ring (bicyclic) bond motifs is 1. The van der Waals surface area contributed by atoms with Crippen molar-refractivity contribution in [3.8, 4) is 0 Å². The average molecular weight is 373 g/mol. The maximum absolute atomic E-state index is 5.96. The van der Waals surface area contributed by atoms with E-state index in [-0.39, 0.29) is 0 Å². The molecule has 3 rings (SSSR count). The van der Waals surface area contributed by atoms with Crippen LogP contribution in [-0.2, 0) is 0 Å². The predicted molar refractivity (Wildman–Crippen MR) is 109 cm³/mol. The molecule has 2 aromatic heterocycles. The van der Waals surface area contributed by atoms with Gasteiger partial charge in [0.15, 0.2) is 0 Å². The molecule has 1 aliphatic rings. The Morgan fingerprint density at radius 1 is 1.27 bits per heavy atom. The van der Waals surface area contributed by atoms with Crippen molar-refractivity contribution >= 4 is 34.4 Å². The molecular weight excluding hydrogens is 348 g/mol. The standard InChI is InChI=1S/C19H25ClN6/c1-25-7-9-26(10-8-25)6-2-5-22-13-16(12-21)15-11-18-17(23-14-15)3-4-19(20)24-18/h3-4,11-14H,2,5-10,21H2,1H3. The van der Waals surface area contributed by atoms with Crippen molar-refractivity contribution in [2.75, 3.05) is 46.3 Å². The quantitative estimate of drug-likeness (QED) is 0.478. The number of hydrogen-bond acceptors (Lipinski definition) is 6. The minimum atomic E-state index is 0.451. The van der Waals surface area contributed by atoms with Gasteiger partial charge in [0, 0.05) is 62.5 Å². The minimum Gasteiger partial charge on any atom is -0.404 e. The summed E-state index contributed by atoms with van der Waals surface area (Å²) in [7, 11) is 2.17. The second-order valence-electron chi connectivity index (χ2n) is 6.55. The van der Waals surface area contributed by atoms with Crippen LogP contribution in [0.2, 0.25) is 5.15 Å². The molecule has 1 saturated heterocycles. The van der Waals surface area contributed by atoms with Gasteiger partial charge in [0.05, 0.1) is 11.0 Å². The summed E-state index contributed by atoms with van der Waals surface area (Å²) in [6.45, 7) is 6.47. The fraction of sp³-hybridized carbons (Fsp3) is 0.421. The molecule has 0 spiro atoms. The van der Waals surface area contributed by atoms with Crippen molar-refractivity contribution in [2.45, 2.75) is 6.42 Å². The summed E-state index contributed by atoms with van der Waals surface area (Å²) < 4.78 is 0. The lowest BCUT2D eigenvalue weighted by Gasteiger charge is -2.32. The highest BCUT2D eigenvalue weighted by Crippen LogP contribution is 2.18. The maximum Gasteiger partial charge on any atom is 0.129 e. The SMILES string of the molecule is CN1CCN(CCCN=CC(=CN)c2cnc3ccc(Cl)nc3c2)CC1. The molecule has 0 unspecified atom stereocenters. The van der Waals surface area contributed by atoms with Gasteiger partial charge in [-0.3, -0.25) is 9.98 Å². The van der Waals surface area contributed by atoms with Crippen LogP contribution in [0.4, 0.5) is 0 Å². The monoisotopic (exact) mass is 372 g/mol. The Bertz CT molecular complexity index is 796. The number of rotatable bonds is 6. The predicted octanol–water partition coefficient (Wildman–Crippen LogP) is 2.29. The number of likely N-dealkylation sites (N-methyl/N-ethyl adjacent to an activating group) is 1. The van der Waals surface area contributed by atoms with Crippen molar-refractivity contribution in [1.29, 1.82) is 0 Å². The highest BCUT2D eigenvalue weighted by molar-refractivity contribution is 6.29. The van der Waals surface area contributed by atoms with Crippen molar-refractivity contribution in [3.63, 3.8) is 0 Å². The van der Waals surface area contributed by atoms with Gasteiger partial charge in [-0.05, 0) is 38.2 Å². The van der Waals surface area contributed by atoms with Crippen LogP contribution in [0.3, 0.4) is 0 Å². The summed E-state index contributed by atoms with van der Waals surface area (Å²) in [5, 5.41) is 0.451. The number of hydrogen-bond donors (Lipinski definition) is 1. The van der Waals surface area contributed by atoms with E-state index in [9.17, 15) is 0 Å². The van der Waals surface area contributed by atoms with Crippen LogP contribution >= 0.6 is 11.6 Å². The van der Waals surface area contributed by atoms with Crippen LogP contribution in [0.5, 0.6) is 0 Å². The van der Waals surface area contributed by atoms with E-state index in [1.807, 2.05) is 18.3 Å². The third-order valence-electron chi connectivity index (χ3n) is 4.60. The highest BCUT2D eigenvalue weighted by Gasteiger charge is 2.12. The molecule has 7 heteroatoms. The Morgan fingerprint density at radius 2 is 2.08 bits per heavy atom. The Morgan fingerprint density at radius 3 is 2.85 bits per heavy atom. The van der Waals surface area contributed by atoms with Gasteiger partial charge < -0.3 is 15.5 Å². The molecular formula is C19H25ClN6. The first-order chi connectivity index (χ1) is 12.7. The van der Waals surface area contributed by atoms with Gasteiger partial charge in [-0.15, -0.1) is 0 Å². The maximum atomic E-state index is 5.96. The van der Waals surface area contributed by atoms with E-state index in [2.05, 4.69) is 31.8 Å². The molecule has 138 valence electrons. The first-order valence-electron chi connectivity index (χ1n) is 8.91. The summed E-state index contributed by atoms with van der Waals surface area (Å²) in [6, 6.07) is 5.52. The summed E-state index contributed by atoms with van der Waals surface area (Å²) in [5.74, 6) is 0. The molecule has 0 aromatic carbocycles. The van der Waals surface area contributed by atoms with Gasteiger partial charge in [0.1, 0.15) is 5.15 Å². The molecule has 26 heavy (non-hydrogen) atoms. The number of halogens is 1. The van der Waals surface area contributed by atoms with E-state index in [4.69, 9.17) is 17.3 Å². The van der Waals surface area contributed by atoms with Crippen LogP contribution in [0.1, 0.15) is 12.0 Å². The second-order valence-corrected chi connectivity index (χ2v) is 6.94. The number of aromatic nitrogens is 2. The summed E-state index contributed by atoms with van der Waals surface area (Å²) in [6.07, 6.45) is 6.20. The van der Waals surface area contributed by atoms with Crippen molar-refractivity contribution < 1.29 is 0 Å². The van der Waals surface area contributed by atoms with Gasteiger partial charge >= 0.3 is 0 Å². The summed E-state index contributed by atoms with van der Waals surface area (Å²) >= 11 is 5.96. The zero-order chi connectivity index (χ0) is 18.4.